The first-order chi connectivity index (χ1) is 12.7. The van der Waals surface area contributed by atoms with Crippen molar-refractivity contribution in [2.75, 3.05) is 6.54 Å². The number of alkyl halides is 3. The van der Waals surface area contributed by atoms with Gasteiger partial charge in [0.15, 0.2) is 0 Å². The van der Waals surface area contributed by atoms with Crippen LogP contribution in [0.1, 0.15) is 41.0 Å². The summed E-state index contributed by atoms with van der Waals surface area (Å²) in [6, 6.07) is 9.48. The van der Waals surface area contributed by atoms with E-state index in [1.807, 2.05) is 18.7 Å². The Bertz CT molecular complexity index is 762. The number of halogens is 3. The zero-order valence-corrected chi connectivity index (χ0v) is 15.1. The molecule has 1 heterocycles. The SMILES string of the molecule is CC(C)CN(Cc1ccc(C(=O)NO)cc1)Cc1cccnc1C(F)(F)F. The lowest BCUT2D eigenvalue weighted by Gasteiger charge is -2.25. The lowest BCUT2D eigenvalue weighted by Crippen LogP contribution is -2.28. The van der Waals surface area contributed by atoms with Crippen LogP contribution in [0, 0.1) is 5.92 Å². The third-order valence-corrected chi connectivity index (χ3v) is 3.90. The maximum atomic E-state index is 13.2. The molecule has 5 nitrogen and oxygen atoms in total. The first-order valence-electron chi connectivity index (χ1n) is 8.47. The fourth-order valence-corrected chi connectivity index (χ4v) is 2.85. The lowest BCUT2D eigenvalue weighted by molar-refractivity contribution is -0.142. The van der Waals surface area contributed by atoms with Gasteiger partial charge in [-0.3, -0.25) is 19.9 Å². The monoisotopic (exact) mass is 381 g/mol. The number of hydrogen-bond acceptors (Lipinski definition) is 4. The first kappa shape index (κ1) is 20.9. The Balaban J connectivity index is 2.20. The normalized spacial score (nSPS) is 11.9. The number of hydroxylamine groups is 1. The van der Waals surface area contributed by atoms with Gasteiger partial charge in [0.05, 0.1) is 0 Å². The van der Waals surface area contributed by atoms with Crippen molar-refractivity contribution in [1.29, 1.82) is 0 Å². The maximum absolute atomic E-state index is 13.2. The highest BCUT2D eigenvalue weighted by molar-refractivity contribution is 5.93. The van der Waals surface area contributed by atoms with E-state index in [0.717, 1.165) is 11.8 Å². The van der Waals surface area contributed by atoms with Crippen LogP contribution in [-0.2, 0) is 19.3 Å². The van der Waals surface area contributed by atoms with Crippen LogP contribution in [0.4, 0.5) is 13.2 Å². The van der Waals surface area contributed by atoms with E-state index in [0.29, 0.717) is 18.7 Å². The van der Waals surface area contributed by atoms with Crippen molar-refractivity contribution in [3.05, 3.63) is 65.0 Å². The predicted molar refractivity (Wildman–Crippen MR) is 93.9 cm³/mol. The van der Waals surface area contributed by atoms with Crippen LogP contribution in [-0.4, -0.2) is 27.5 Å². The number of rotatable bonds is 7. The zero-order valence-electron chi connectivity index (χ0n) is 15.1. The number of carbonyl (C=O) groups excluding carboxylic acids is 1. The van der Waals surface area contributed by atoms with Gasteiger partial charge in [-0.1, -0.05) is 32.0 Å². The highest BCUT2D eigenvalue weighted by Gasteiger charge is 2.35. The number of nitrogens with one attached hydrogen (secondary N) is 1. The van der Waals surface area contributed by atoms with Crippen molar-refractivity contribution in [1.82, 2.24) is 15.4 Å². The molecule has 0 aliphatic rings. The van der Waals surface area contributed by atoms with Gasteiger partial charge in [0.1, 0.15) is 5.69 Å². The van der Waals surface area contributed by atoms with Gasteiger partial charge in [-0.05, 0) is 35.2 Å². The first-order valence-corrected chi connectivity index (χ1v) is 8.47. The number of hydrogen-bond donors (Lipinski definition) is 2. The number of nitrogens with zero attached hydrogens (tertiary/aromatic N) is 2. The maximum Gasteiger partial charge on any atom is 0.433 e. The second-order valence-corrected chi connectivity index (χ2v) is 6.71. The molecule has 0 radical (unpaired) electrons. The van der Waals surface area contributed by atoms with Crippen LogP contribution in [0.2, 0.25) is 0 Å². The highest BCUT2D eigenvalue weighted by atomic mass is 19.4. The van der Waals surface area contributed by atoms with E-state index in [9.17, 15) is 18.0 Å². The van der Waals surface area contributed by atoms with Gasteiger partial charge >= 0.3 is 6.18 Å². The van der Waals surface area contributed by atoms with Gasteiger partial charge in [0.25, 0.3) is 5.91 Å². The third kappa shape index (κ3) is 6.04. The number of amides is 1. The van der Waals surface area contributed by atoms with Crippen LogP contribution in [0.25, 0.3) is 0 Å². The lowest BCUT2D eigenvalue weighted by atomic mass is 10.1. The molecule has 0 atom stereocenters. The van der Waals surface area contributed by atoms with Crippen molar-refractivity contribution >= 4 is 5.91 Å². The predicted octanol–water partition coefficient (Wildman–Crippen LogP) is 3.88. The molecule has 0 aliphatic carbocycles. The van der Waals surface area contributed by atoms with Crippen molar-refractivity contribution in [2.24, 2.45) is 5.92 Å². The van der Waals surface area contributed by atoms with Crippen molar-refractivity contribution in [3.63, 3.8) is 0 Å². The summed E-state index contributed by atoms with van der Waals surface area (Å²) in [4.78, 5) is 16.8. The van der Waals surface area contributed by atoms with Crippen LogP contribution < -0.4 is 5.48 Å². The van der Waals surface area contributed by atoms with Gasteiger partial charge in [0.2, 0.25) is 0 Å². The summed E-state index contributed by atoms with van der Waals surface area (Å²) in [5.41, 5.74) is 1.96. The summed E-state index contributed by atoms with van der Waals surface area (Å²) >= 11 is 0. The topological polar surface area (TPSA) is 65.5 Å². The molecule has 0 bridgehead atoms. The molecule has 8 heteroatoms. The molecule has 1 amide bonds. The zero-order chi connectivity index (χ0) is 20.0. The Morgan fingerprint density at radius 2 is 1.85 bits per heavy atom. The second kappa shape index (κ2) is 8.96. The minimum absolute atomic E-state index is 0.111. The van der Waals surface area contributed by atoms with Gasteiger partial charge < -0.3 is 0 Å². The molecular formula is C19H22F3N3O2. The minimum atomic E-state index is -4.50. The van der Waals surface area contributed by atoms with E-state index >= 15 is 0 Å². The summed E-state index contributed by atoms with van der Waals surface area (Å²) in [5, 5.41) is 8.65. The average Bonchev–Trinajstić information content (AvgIpc) is 2.60. The van der Waals surface area contributed by atoms with Crippen LogP contribution in [0.5, 0.6) is 0 Å². The van der Waals surface area contributed by atoms with Gasteiger partial charge in [-0.25, -0.2) is 5.48 Å². The molecular weight excluding hydrogens is 359 g/mol. The number of pyridine rings is 1. The van der Waals surface area contributed by atoms with E-state index in [4.69, 9.17) is 5.21 Å². The van der Waals surface area contributed by atoms with Crippen LogP contribution in [0.15, 0.2) is 42.6 Å². The van der Waals surface area contributed by atoms with Gasteiger partial charge in [0, 0.05) is 31.4 Å². The molecule has 0 aliphatic heterocycles. The standard InChI is InChI=1S/C19H22F3N3O2/c1-13(2)10-25(11-14-5-7-15(8-6-14)18(26)24-27)12-16-4-3-9-23-17(16)19(20,21)22/h3-9,13,27H,10-12H2,1-2H3,(H,24,26). The van der Waals surface area contributed by atoms with Crippen molar-refractivity contribution < 1.29 is 23.2 Å². The van der Waals surface area contributed by atoms with E-state index in [1.165, 1.54) is 12.1 Å². The third-order valence-electron chi connectivity index (χ3n) is 3.90. The molecule has 1 aromatic carbocycles. The molecule has 2 aromatic rings. The largest absolute Gasteiger partial charge is 0.433 e. The molecule has 1 aromatic heterocycles. The van der Waals surface area contributed by atoms with Crippen molar-refractivity contribution in [2.45, 2.75) is 33.1 Å². The summed E-state index contributed by atoms with van der Waals surface area (Å²) in [7, 11) is 0. The Morgan fingerprint density at radius 1 is 1.19 bits per heavy atom. The highest BCUT2D eigenvalue weighted by Crippen LogP contribution is 2.31. The molecule has 0 saturated heterocycles. The summed E-state index contributed by atoms with van der Waals surface area (Å²) < 4.78 is 39.6. The fraction of sp³-hybridized carbons (Fsp3) is 0.368. The summed E-state index contributed by atoms with van der Waals surface area (Å²) in [5.74, 6) is -0.360. The Morgan fingerprint density at radius 3 is 2.41 bits per heavy atom. The van der Waals surface area contributed by atoms with Gasteiger partial charge in [-0.15, -0.1) is 0 Å². The average molecular weight is 381 g/mol. The molecule has 146 valence electrons. The Labute approximate surface area is 155 Å². The number of benzene rings is 1. The number of carbonyl (C=O) groups is 1. The Kier molecular flexibility index (Phi) is 6.92. The molecule has 0 spiro atoms. The van der Waals surface area contributed by atoms with Crippen molar-refractivity contribution in [3.8, 4) is 0 Å². The molecule has 2 N–H and O–H groups in total. The summed E-state index contributed by atoms with van der Waals surface area (Å²) in [6.07, 6.45) is -3.36. The Hall–Kier alpha value is -2.45. The van der Waals surface area contributed by atoms with E-state index < -0.39 is 17.8 Å². The van der Waals surface area contributed by atoms with Crippen LogP contribution in [0.3, 0.4) is 0 Å². The fourth-order valence-electron chi connectivity index (χ4n) is 2.85. The van der Waals surface area contributed by atoms with Crippen LogP contribution >= 0.6 is 0 Å². The molecule has 2 rings (SSSR count). The number of aromatic nitrogens is 1. The minimum Gasteiger partial charge on any atom is -0.295 e. The molecule has 0 unspecified atom stereocenters. The van der Waals surface area contributed by atoms with E-state index in [2.05, 4.69) is 4.98 Å². The molecule has 0 saturated carbocycles. The summed E-state index contributed by atoms with van der Waals surface area (Å²) in [6.45, 7) is 5.13. The van der Waals surface area contributed by atoms with Gasteiger partial charge in [-0.2, -0.15) is 13.2 Å². The van der Waals surface area contributed by atoms with E-state index in [1.54, 1.807) is 29.7 Å². The smallest absolute Gasteiger partial charge is 0.295 e. The second-order valence-electron chi connectivity index (χ2n) is 6.71. The van der Waals surface area contributed by atoms with E-state index in [-0.39, 0.29) is 18.0 Å². The molecule has 0 fully saturated rings. The molecule has 27 heavy (non-hydrogen) atoms. The quantitative estimate of drug-likeness (QED) is 0.564.